The van der Waals surface area contributed by atoms with Gasteiger partial charge in [0.15, 0.2) is 0 Å². The van der Waals surface area contributed by atoms with E-state index in [0.717, 1.165) is 11.1 Å². The van der Waals surface area contributed by atoms with E-state index in [1.807, 2.05) is 13.0 Å². The summed E-state index contributed by atoms with van der Waals surface area (Å²) in [5.74, 6) is 0.378. The molecule has 0 saturated carbocycles. The Morgan fingerprint density at radius 1 is 1.05 bits per heavy atom. The van der Waals surface area contributed by atoms with E-state index >= 15 is 0 Å². The SMILES string of the molecule is Cc1ccc(Cl)cc1OCc1ccc(OC(F)(F)F)cc1. The van der Waals surface area contributed by atoms with Gasteiger partial charge in [0, 0.05) is 5.02 Å². The van der Waals surface area contributed by atoms with E-state index in [1.165, 1.54) is 24.3 Å². The summed E-state index contributed by atoms with van der Waals surface area (Å²) in [6.45, 7) is 2.11. The van der Waals surface area contributed by atoms with Crippen LogP contribution in [-0.2, 0) is 6.61 Å². The summed E-state index contributed by atoms with van der Waals surface area (Å²) >= 11 is 5.88. The monoisotopic (exact) mass is 316 g/mol. The van der Waals surface area contributed by atoms with Crippen LogP contribution < -0.4 is 9.47 Å². The molecule has 2 aromatic carbocycles. The number of alkyl halides is 3. The van der Waals surface area contributed by atoms with Crippen LogP contribution in [-0.4, -0.2) is 6.36 Å². The van der Waals surface area contributed by atoms with Crippen LogP contribution in [0.5, 0.6) is 11.5 Å². The first kappa shape index (κ1) is 15.5. The van der Waals surface area contributed by atoms with Gasteiger partial charge in [-0.15, -0.1) is 13.2 Å². The van der Waals surface area contributed by atoms with E-state index in [0.29, 0.717) is 10.8 Å². The van der Waals surface area contributed by atoms with Crippen molar-refractivity contribution >= 4 is 11.6 Å². The Kier molecular flexibility index (Phi) is 4.63. The van der Waals surface area contributed by atoms with E-state index in [-0.39, 0.29) is 12.4 Å². The Balaban J connectivity index is 1.99. The van der Waals surface area contributed by atoms with Gasteiger partial charge in [-0.3, -0.25) is 0 Å². The van der Waals surface area contributed by atoms with Crippen LogP contribution in [0.1, 0.15) is 11.1 Å². The molecule has 2 rings (SSSR count). The Hall–Kier alpha value is -1.88. The van der Waals surface area contributed by atoms with E-state index in [2.05, 4.69) is 4.74 Å². The predicted molar refractivity (Wildman–Crippen MR) is 73.6 cm³/mol. The number of hydrogen-bond donors (Lipinski definition) is 0. The molecule has 0 aliphatic carbocycles. The summed E-state index contributed by atoms with van der Waals surface area (Å²) in [4.78, 5) is 0. The van der Waals surface area contributed by atoms with Crippen molar-refractivity contribution in [2.45, 2.75) is 19.9 Å². The first-order chi connectivity index (χ1) is 9.83. The zero-order valence-corrected chi connectivity index (χ0v) is 11.8. The van der Waals surface area contributed by atoms with Gasteiger partial charge in [0.2, 0.25) is 0 Å². The van der Waals surface area contributed by atoms with Gasteiger partial charge >= 0.3 is 6.36 Å². The molecule has 0 saturated heterocycles. The van der Waals surface area contributed by atoms with E-state index < -0.39 is 6.36 Å². The summed E-state index contributed by atoms with van der Waals surface area (Å²) in [7, 11) is 0. The van der Waals surface area contributed by atoms with Crippen molar-refractivity contribution in [1.82, 2.24) is 0 Å². The van der Waals surface area contributed by atoms with Crippen molar-refractivity contribution in [3.8, 4) is 11.5 Å². The predicted octanol–water partition coefficient (Wildman–Crippen LogP) is 5.13. The average Bonchev–Trinajstić information content (AvgIpc) is 2.40. The highest BCUT2D eigenvalue weighted by Crippen LogP contribution is 2.25. The maximum Gasteiger partial charge on any atom is 0.573 e. The van der Waals surface area contributed by atoms with Crippen LogP contribution in [0, 0.1) is 6.92 Å². The van der Waals surface area contributed by atoms with Gasteiger partial charge in [0.1, 0.15) is 18.1 Å². The summed E-state index contributed by atoms with van der Waals surface area (Å²) in [5, 5.41) is 0.560. The number of ether oxygens (including phenoxy) is 2. The van der Waals surface area contributed by atoms with E-state index in [9.17, 15) is 13.2 Å². The molecule has 0 fully saturated rings. The maximum atomic E-state index is 12.0. The minimum Gasteiger partial charge on any atom is -0.489 e. The first-order valence-corrected chi connectivity index (χ1v) is 6.45. The first-order valence-electron chi connectivity index (χ1n) is 6.07. The normalized spacial score (nSPS) is 11.3. The fraction of sp³-hybridized carbons (Fsp3) is 0.200. The highest BCUT2D eigenvalue weighted by Gasteiger charge is 2.30. The molecule has 2 aromatic rings. The van der Waals surface area contributed by atoms with Crippen molar-refractivity contribution in [3.63, 3.8) is 0 Å². The van der Waals surface area contributed by atoms with Crippen molar-refractivity contribution in [3.05, 3.63) is 58.6 Å². The Bertz CT molecular complexity index is 609. The molecule has 0 aliphatic heterocycles. The lowest BCUT2D eigenvalue weighted by atomic mass is 10.2. The van der Waals surface area contributed by atoms with E-state index in [1.54, 1.807) is 12.1 Å². The van der Waals surface area contributed by atoms with Crippen LogP contribution in [0.3, 0.4) is 0 Å². The van der Waals surface area contributed by atoms with Gasteiger partial charge in [-0.2, -0.15) is 0 Å². The van der Waals surface area contributed by atoms with Gasteiger partial charge in [-0.05, 0) is 42.3 Å². The molecule has 0 amide bonds. The molecule has 6 heteroatoms. The number of rotatable bonds is 4. The molecule has 0 unspecified atom stereocenters. The van der Waals surface area contributed by atoms with Crippen molar-refractivity contribution in [2.75, 3.05) is 0 Å². The lowest BCUT2D eigenvalue weighted by Crippen LogP contribution is -2.17. The van der Waals surface area contributed by atoms with Gasteiger partial charge in [0.25, 0.3) is 0 Å². The van der Waals surface area contributed by atoms with Crippen molar-refractivity contribution < 1.29 is 22.6 Å². The number of halogens is 4. The van der Waals surface area contributed by atoms with Gasteiger partial charge in [0.05, 0.1) is 0 Å². The summed E-state index contributed by atoms with van der Waals surface area (Å²) in [6.07, 6.45) is -4.68. The smallest absolute Gasteiger partial charge is 0.489 e. The summed E-state index contributed by atoms with van der Waals surface area (Å²) < 4.78 is 45.5. The minimum absolute atomic E-state index is 0.230. The Morgan fingerprint density at radius 2 is 1.71 bits per heavy atom. The van der Waals surface area contributed by atoms with Crippen LogP contribution in [0.25, 0.3) is 0 Å². The fourth-order valence-electron chi connectivity index (χ4n) is 1.68. The summed E-state index contributed by atoms with van der Waals surface area (Å²) in [6, 6.07) is 10.8. The molecule has 0 bridgehead atoms. The second-order valence-electron chi connectivity index (χ2n) is 4.39. The number of hydrogen-bond acceptors (Lipinski definition) is 2. The average molecular weight is 317 g/mol. The standard InChI is InChI=1S/C15H12ClF3O2/c1-10-2-5-12(16)8-14(10)20-9-11-3-6-13(7-4-11)21-15(17,18)19/h2-8H,9H2,1H3. The molecule has 0 radical (unpaired) electrons. The molecule has 0 N–H and O–H groups in total. The second-order valence-corrected chi connectivity index (χ2v) is 4.83. The minimum atomic E-state index is -4.68. The van der Waals surface area contributed by atoms with Crippen LogP contribution >= 0.6 is 11.6 Å². The van der Waals surface area contributed by atoms with Gasteiger partial charge in [-0.1, -0.05) is 29.8 Å². The lowest BCUT2D eigenvalue weighted by Gasteiger charge is -2.11. The summed E-state index contributed by atoms with van der Waals surface area (Å²) in [5.41, 5.74) is 1.65. The number of aryl methyl sites for hydroxylation is 1. The molecule has 0 atom stereocenters. The molecule has 0 spiro atoms. The lowest BCUT2D eigenvalue weighted by molar-refractivity contribution is -0.274. The molecular weight excluding hydrogens is 305 g/mol. The molecule has 0 aromatic heterocycles. The Labute approximate surface area is 125 Å². The van der Waals surface area contributed by atoms with Crippen LogP contribution in [0.2, 0.25) is 5.02 Å². The van der Waals surface area contributed by atoms with Crippen molar-refractivity contribution in [2.24, 2.45) is 0 Å². The molecule has 112 valence electrons. The zero-order chi connectivity index (χ0) is 15.5. The zero-order valence-electron chi connectivity index (χ0n) is 11.1. The van der Waals surface area contributed by atoms with Crippen LogP contribution in [0.4, 0.5) is 13.2 Å². The van der Waals surface area contributed by atoms with Gasteiger partial charge in [-0.25, -0.2) is 0 Å². The Morgan fingerprint density at radius 3 is 2.33 bits per heavy atom. The number of benzene rings is 2. The topological polar surface area (TPSA) is 18.5 Å². The molecule has 0 heterocycles. The molecule has 21 heavy (non-hydrogen) atoms. The van der Waals surface area contributed by atoms with Crippen LogP contribution in [0.15, 0.2) is 42.5 Å². The third kappa shape index (κ3) is 4.86. The molecule has 0 aliphatic rings. The second kappa shape index (κ2) is 6.26. The highest BCUT2D eigenvalue weighted by molar-refractivity contribution is 6.30. The fourth-order valence-corrected chi connectivity index (χ4v) is 1.84. The third-order valence-corrected chi connectivity index (χ3v) is 2.94. The third-order valence-electron chi connectivity index (χ3n) is 2.70. The highest BCUT2D eigenvalue weighted by atomic mass is 35.5. The molecular formula is C15H12ClF3O2. The van der Waals surface area contributed by atoms with E-state index in [4.69, 9.17) is 16.3 Å². The molecule has 2 nitrogen and oxygen atoms in total. The van der Waals surface area contributed by atoms with Crippen molar-refractivity contribution in [1.29, 1.82) is 0 Å². The largest absolute Gasteiger partial charge is 0.573 e. The maximum absolute atomic E-state index is 12.0. The van der Waals surface area contributed by atoms with Gasteiger partial charge < -0.3 is 9.47 Å². The quantitative estimate of drug-likeness (QED) is 0.779.